The summed E-state index contributed by atoms with van der Waals surface area (Å²) in [6, 6.07) is 0. The molecule has 0 nitrogen and oxygen atoms in total. The molecule has 7 unspecified atom stereocenters. The van der Waals surface area contributed by atoms with Gasteiger partial charge in [0.2, 0.25) is 0 Å². The molecule has 4 fully saturated rings. The van der Waals surface area contributed by atoms with Crippen LogP contribution >= 0.6 is 0 Å². The Morgan fingerprint density at radius 3 is 1.96 bits per heavy atom. The van der Waals surface area contributed by atoms with E-state index >= 15 is 0 Å². The molecule has 0 radical (unpaired) electrons. The van der Waals surface area contributed by atoms with Gasteiger partial charge in [0.15, 0.2) is 0 Å². The number of fused-ring (bicyclic) bond motifs is 9. The minimum absolute atomic E-state index is 0. The molecule has 0 saturated heterocycles. The third-order valence-electron chi connectivity index (χ3n) is 8.16. The molecule has 7 atom stereocenters. The third-order valence-corrected chi connectivity index (χ3v) is 8.16. The molecular weight excluding hydrogens is 336 g/mol. The van der Waals surface area contributed by atoms with Crippen LogP contribution in [0.5, 0.6) is 0 Å². The standard InChI is InChI=1S/C16H26.C7H12.C2H6.C2H4.CH4/c1-3-6-16(2)9-12-8-13(16)15-11-5-4-10(7-11)14(12)15;1-5-7(4)6(2)3;2*1-2;/h10-15H,3-9H2,1-2H3;5H,2H2,1,3-4H3;1-2H3;1-2H2;1H4. The van der Waals surface area contributed by atoms with Crippen LogP contribution in [0, 0.1) is 40.9 Å². The number of rotatable bonds is 3. The number of hydrogen-bond donors (Lipinski definition) is 0. The average Bonchev–Trinajstić information content (AvgIpc) is 3.43. The molecule has 164 valence electrons. The van der Waals surface area contributed by atoms with E-state index in [2.05, 4.69) is 46.6 Å². The summed E-state index contributed by atoms with van der Waals surface area (Å²) in [6.45, 7) is 24.9. The maximum Gasteiger partial charge on any atom is -0.0292 e. The topological polar surface area (TPSA) is 0 Å². The van der Waals surface area contributed by atoms with E-state index < -0.39 is 0 Å². The second-order valence-electron chi connectivity index (χ2n) is 9.45. The Bertz CT molecular complexity index is 498. The van der Waals surface area contributed by atoms with Crippen LogP contribution in [0.25, 0.3) is 0 Å². The van der Waals surface area contributed by atoms with Crippen LogP contribution in [0.1, 0.15) is 101 Å². The van der Waals surface area contributed by atoms with E-state index in [0.717, 1.165) is 22.8 Å². The van der Waals surface area contributed by atoms with Gasteiger partial charge in [0.25, 0.3) is 0 Å². The van der Waals surface area contributed by atoms with Crippen molar-refractivity contribution in [2.45, 2.75) is 101 Å². The first kappa shape index (κ1) is 27.2. The van der Waals surface area contributed by atoms with Gasteiger partial charge in [-0.1, -0.05) is 65.3 Å². The van der Waals surface area contributed by atoms with Crippen LogP contribution in [0.15, 0.2) is 37.0 Å². The molecule has 4 saturated carbocycles. The molecule has 0 N–H and O–H groups in total. The predicted molar refractivity (Wildman–Crippen MR) is 131 cm³/mol. The Balaban J connectivity index is 0.000000525. The molecule has 4 rings (SSSR count). The molecule has 0 aromatic carbocycles. The van der Waals surface area contributed by atoms with Crippen molar-refractivity contribution in [1.82, 2.24) is 0 Å². The van der Waals surface area contributed by atoms with Gasteiger partial charge in [-0.15, -0.1) is 13.2 Å². The molecule has 0 heterocycles. The first-order valence-corrected chi connectivity index (χ1v) is 11.7. The summed E-state index contributed by atoms with van der Waals surface area (Å²) in [4.78, 5) is 0. The van der Waals surface area contributed by atoms with Crippen LogP contribution in [0.2, 0.25) is 0 Å². The van der Waals surface area contributed by atoms with Gasteiger partial charge in [-0.05, 0) is 100 Å². The van der Waals surface area contributed by atoms with E-state index in [0.29, 0.717) is 0 Å². The first-order valence-electron chi connectivity index (χ1n) is 11.7. The maximum absolute atomic E-state index is 3.76. The zero-order chi connectivity index (χ0) is 20.8. The van der Waals surface area contributed by atoms with Gasteiger partial charge in [-0.3, -0.25) is 0 Å². The van der Waals surface area contributed by atoms with Crippen LogP contribution in [-0.4, -0.2) is 0 Å². The van der Waals surface area contributed by atoms with Gasteiger partial charge >= 0.3 is 0 Å². The molecule has 4 aliphatic carbocycles. The lowest BCUT2D eigenvalue weighted by atomic mass is 9.60. The Kier molecular flexibility index (Phi) is 11.7. The second kappa shape index (κ2) is 12.0. The Labute approximate surface area is 179 Å². The first-order chi connectivity index (χ1) is 12.9. The molecule has 4 bridgehead atoms. The summed E-state index contributed by atoms with van der Waals surface area (Å²) in [5.74, 6) is 7.03. The molecule has 0 amide bonds. The van der Waals surface area contributed by atoms with Crippen molar-refractivity contribution in [3.63, 3.8) is 0 Å². The lowest BCUT2D eigenvalue weighted by Gasteiger charge is -2.45. The summed E-state index contributed by atoms with van der Waals surface area (Å²) >= 11 is 0. The fourth-order valence-corrected chi connectivity index (χ4v) is 7.14. The van der Waals surface area contributed by atoms with Crippen molar-refractivity contribution in [3.05, 3.63) is 37.0 Å². The third kappa shape index (κ3) is 5.22. The fraction of sp³-hybridized carbons (Fsp3) is 0.786. The van der Waals surface area contributed by atoms with Crippen LogP contribution in [0.4, 0.5) is 0 Å². The second-order valence-corrected chi connectivity index (χ2v) is 9.45. The van der Waals surface area contributed by atoms with Crippen molar-refractivity contribution in [2.24, 2.45) is 40.9 Å². The highest BCUT2D eigenvalue weighted by Crippen LogP contribution is 2.72. The average molecular weight is 389 g/mol. The highest BCUT2D eigenvalue weighted by Gasteiger charge is 2.64. The van der Waals surface area contributed by atoms with E-state index in [-0.39, 0.29) is 7.43 Å². The predicted octanol–water partition coefficient (Wildman–Crippen LogP) is 9.49. The Hall–Kier alpha value is -0.780. The van der Waals surface area contributed by atoms with Crippen molar-refractivity contribution in [3.8, 4) is 0 Å². The quantitative estimate of drug-likeness (QED) is 0.256. The molecule has 0 spiro atoms. The largest absolute Gasteiger partial charge is 0.106 e. The number of hydrogen-bond acceptors (Lipinski definition) is 0. The van der Waals surface area contributed by atoms with E-state index in [9.17, 15) is 0 Å². The van der Waals surface area contributed by atoms with Gasteiger partial charge in [-0.25, -0.2) is 0 Å². The van der Waals surface area contributed by atoms with Gasteiger partial charge in [0.1, 0.15) is 0 Å². The highest BCUT2D eigenvalue weighted by molar-refractivity contribution is 5.22. The van der Waals surface area contributed by atoms with E-state index in [1.165, 1.54) is 42.1 Å². The van der Waals surface area contributed by atoms with Crippen molar-refractivity contribution in [2.75, 3.05) is 0 Å². The van der Waals surface area contributed by atoms with E-state index in [1.807, 2.05) is 27.7 Å². The zero-order valence-electron chi connectivity index (χ0n) is 19.6. The van der Waals surface area contributed by atoms with E-state index in [4.69, 9.17) is 0 Å². The molecule has 0 aromatic heterocycles. The van der Waals surface area contributed by atoms with Gasteiger partial charge in [0, 0.05) is 0 Å². The minimum atomic E-state index is 0. The summed E-state index contributed by atoms with van der Waals surface area (Å²) in [6.07, 6.45) is 13.0. The molecular formula is C28H52. The van der Waals surface area contributed by atoms with Crippen LogP contribution < -0.4 is 0 Å². The summed E-state index contributed by atoms with van der Waals surface area (Å²) < 4.78 is 0. The Morgan fingerprint density at radius 1 is 1.00 bits per heavy atom. The van der Waals surface area contributed by atoms with Gasteiger partial charge < -0.3 is 0 Å². The van der Waals surface area contributed by atoms with E-state index in [1.54, 1.807) is 32.1 Å². The van der Waals surface area contributed by atoms with Crippen molar-refractivity contribution >= 4 is 0 Å². The van der Waals surface area contributed by atoms with Crippen LogP contribution in [-0.2, 0) is 0 Å². The monoisotopic (exact) mass is 388 g/mol. The maximum atomic E-state index is 3.76. The molecule has 0 heteroatoms. The lowest BCUT2D eigenvalue weighted by Crippen LogP contribution is -2.38. The van der Waals surface area contributed by atoms with Gasteiger partial charge in [-0.2, -0.15) is 0 Å². The summed E-state index contributed by atoms with van der Waals surface area (Å²) in [5.41, 5.74) is 3.19. The lowest BCUT2D eigenvalue weighted by molar-refractivity contribution is 0.0399. The van der Waals surface area contributed by atoms with Gasteiger partial charge in [0.05, 0.1) is 0 Å². The minimum Gasteiger partial charge on any atom is -0.106 e. The van der Waals surface area contributed by atoms with Crippen LogP contribution in [0.3, 0.4) is 0 Å². The SMILES string of the molecule is C.C=C.C=C(C)C(C)=CC.CC.CCCC1(C)CC2CC1C1C3CCC(C3)C21. The summed E-state index contributed by atoms with van der Waals surface area (Å²) in [5, 5.41) is 0. The molecule has 0 aromatic rings. The van der Waals surface area contributed by atoms with Crippen molar-refractivity contribution < 1.29 is 0 Å². The summed E-state index contributed by atoms with van der Waals surface area (Å²) in [7, 11) is 0. The highest BCUT2D eigenvalue weighted by atomic mass is 14.7. The Morgan fingerprint density at radius 2 is 1.54 bits per heavy atom. The molecule has 4 aliphatic rings. The zero-order valence-corrected chi connectivity index (χ0v) is 19.6. The smallest absolute Gasteiger partial charge is 0.0292 e. The molecule has 0 aliphatic heterocycles. The fourth-order valence-electron chi connectivity index (χ4n) is 7.14. The van der Waals surface area contributed by atoms with Crippen molar-refractivity contribution in [1.29, 1.82) is 0 Å². The normalized spacial score (nSPS) is 38.6. The molecule has 28 heavy (non-hydrogen) atoms. The number of allylic oxidation sites excluding steroid dienone is 3.